The van der Waals surface area contributed by atoms with Gasteiger partial charge in [0.15, 0.2) is 0 Å². The van der Waals surface area contributed by atoms with E-state index in [1.54, 1.807) is 18.3 Å². The molecule has 0 radical (unpaired) electrons. The van der Waals surface area contributed by atoms with Gasteiger partial charge in [0.1, 0.15) is 11.3 Å². The lowest BCUT2D eigenvalue weighted by molar-refractivity contribution is -0.114. The van der Waals surface area contributed by atoms with Gasteiger partial charge in [-0.2, -0.15) is 0 Å². The molecule has 0 fully saturated rings. The van der Waals surface area contributed by atoms with Crippen molar-refractivity contribution < 1.29 is 9.59 Å². The predicted molar refractivity (Wildman–Crippen MR) is 91.8 cm³/mol. The van der Waals surface area contributed by atoms with Crippen LogP contribution in [0.3, 0.4) is 0 Å². The lowest BCUT2D eigenvalue weighted by atomic mass is 10.2. The summed E-state index contributed by atoms with van der Waals surface area (Å²) in [6.45, 7) is 3.84. The fourth-order valence-corrected chi connectivity index (χ4v) is 2.38. The average molecular weight is 322 g/mol. The first-order chi connectivity index (χ1) is 11.5. The zero-order valence-electron chi connectivity index (χ0n) is 13.5. The molecular weight excluding hydrogens is 304 g/mol. The molecule has 1 aromatic carbocycles. The monoisotopic (exact) mass is 322 g/mol. The third-order valence-corrected chi connectivity index (χ3v) is 3.58. The number of hydrogen-bond donors (Lipinski definition) is 2. The number of rotatable bonds is 4. The van der Waals surface area contributed by atoms with Gasteiger partial charge in [0.25, 0.3) is 5.91 Å². The van der Waals surface area contributed by atoms with E-state index in [-0.39, 0.29) is 11.8 Å². The molecule has 0 spiro atoms. The molecule has 3 aromatic rings. The molecule has 2 N–H and O–H groups in total. The molecule has 6 nitrogen and oxygen atoms in total. The van der Waals surface area contributed by atoms with Gasteiger partial charge in [-0.1, -0.05) is 12.1 Å². The Labute approximate surface area is 139 Å². The van der Waals surface area contributed by atoms with E-state index in [0.29, 0.717) is 12.2 Å². The Bertz CT molecular complexity index is 897. The van der Waals surface area contributed by atoms with E-state index in [2.05, 4.69) is 15.6 Å². The van der Waals surface area contributed by atoms with Crippen LogP contribution in [-0.2, 0) is 11.3 Å². The number of hydrogen-bond acceptors (Lipinski definition) is 3. The second kappa shape index (κ2) is 6.54. The van der Waals surface area contributed by atoms with Crippen molar-refractivity contribution in [2.24, 2.45) is 0 Å². The largest absolute Gasteiger partial charge is 0.347 e. The number of anilines is 1. The van der Waals surface area contributed by atoms with Gasteiger partial charge in [0, 0.05) is 31.5 Å². The van der Waals surface area contributed by atoms with Crippen molar-refractivity contribution in [2.75, 3.05) is 5.32 Å². The van der Waals surface area contributed by atoms with Gasteiger partial charge in [0.05, 0.1) is 0 Å². The second-order valence-corrected chi connectivity index (χ2v) is 5.66. The van der Waals surface area contributed by atoms with Crippen molar-refractivity contribution in [1.82, 2.24) is 14.7 Å². The normalized spacial score (nSPS) is 10.6. The number of nitrogens with one attached hydrogen (secondary N) is 2. The molecule has 0 saturated heterocycles. The van der Waals surface area contributed by atoms with E-state index >= 15 is 0 Å². The third kappa shape index (κ3) is 3.60. The third-order valence-electron chi connectivity index (χ3n) is 3.58. The predicted octanol–water partition coefficient (Wildman–Crippen LogP) is 2.53. The summed E-state index contributed by atoms with van der Waals surface area (Å²) in [7, 11) is 0. The second-order valence-electron chi connectivity index (χ2n) is 5.66. The number of fused-ring (bicyclic) bond motifs is 1. The van der Waals surface area contributed by atoms with Crippen molar-refractivity contribution in [3.63, 3.8) is 0 Å². The summed E-state index contributed by atoms with van der Waals surface area (Å²) < 4.78 is 1.82. The number of nitrogens with zero attached hydrogens (tertiary/aromatic N) is 2. The van der Waals surface area contributed by atoms with E-state index in [1.165, 1.54) is 6.92 Å². The Morgan fingerprint density at radius 1 is 1.17 bits per heavy atom. The molecule has 0 unspecified atom stereocenters. The van der Waals surface area contributed by atoms with E-state index < -0.39 is 0 Å². The molecule has 6 heteroatoms. The van der Waals surface area contributed by atoms with E-state index in [4.69, 9.17) is 0 Å². The van der Waals surface area contributed by atoms with Gasteiger partial charge in [0.2, 0.25) is 5.91 Å². The first kappa shape index (κ1) is 15.7. The summed E-state index contributed by atoms with van der Waals surface area (Å²) in [4.78, 5) is 27.6. The van der Waals surface area contributed by atoms with Gasteiger partial charge in [-0.05, 0) is 42.3 Å². The molecule has 3 rings (SSSR count). The standard InChI is InChI=1S/C18H18N4O2/c1-12-7-8-22-11-16(21-17(22)9-12)18(24)19-10-14-3-5-15(6-4-14)20-13(2)23/h3-9,11H,10H2,1-2H3,(H,19,24)(H,20,23). The maximum absolute atomic E-state index is 12.2. The highest BCUT2D eigenvalue weighted by molar-refractivity contribution is 5.92. The van der Waals surface area contributed by atoms with Crippen molar-refractivity contribution in [1.29, 1.82) is 0 Å². The quantitative estimate of drug-likeness (QED) is 0.775. The fourth-order valence-electron chi connectivity index (χ4n) is 2.38. The topological polar surface area (TPSA) is 75.5 Å². The molecule has 0 aliphatic rings. The number of imidazole rings is 1. The minimum atomic E-state index is -0.220. The summed E-state index contributed by atoms with van der Waals surface area (Å²) in [5.74, 6) is -0.333. The number of carbonyl (C=O) groups is 2. The highest BCUT2D eigenvalue weighted by Crippen LogP contribution is 2.10. The molecule has 24 heavy (non-hydrogen) atoms. The van der Waals surface area contributed by atoms with Crippen LogP contribution in [0.15, 0.2) is 48.8 Å². The smallest absolute Gasteiger partial charge is 0.271 e. The summed E-state index contributed by atoms with van der Waals surface area (Å²) in [5, 5.41) is 5.55. The van der Waals surface area contributed by atoms with Crippen molar-refractivity contribution in [2.45, 2.75) is 20.4 Å². The van der Waals surface area contributed by atoms with Gasteiger partial charge < -0.3 is 15.0 Å². The molecule has 122 valence electrons. The van der Waals surface area contributed by atoms with Crippen LogP contribution in [0.5, 0.6) is 0 Å². The summed E-state index contributed by atoms with van der Waals surface area (Å²) in [6, 6.07) is 11.2. The van der Waals surface area contributed by atoms with E-state index in [1.807, 2.05) is 41.8 Å². The number of aromatic nitrogens is 2. The van der Waals surface area contributed by atoms with Crippen LogP contribution in [-0.4, -0.2) is 21.2 Å². The van der Waals surface area contributed by atoms with Gasteiger partial charge in [-0.3, -0.25) is 9.59 Å². The van der Waals surface area contributed by atoms with Crippen molar-refractivity contribution >= 4 is 23.1 Å². The minimum absolute atomic E-state index is 0.113. The number of pyridine rings is 1. The molecule has 0 aliphatic heterocycles. The number of aryl methyl sites for hydroxylation is 1. The van der Waals surface area contributed by atoms with Crippen molar-refractivity contribution in [3.8, 4) is 0 Å². The lowest BCUT2D eigenvalue weighted by Crippen LogP contribution is -2.23. The molecule has 0 bridgehead atoms. The van der Waals surface area contributed by atoms with Crippen LogP contribution in [0.2, 0.25) is 0 Å². The zero-order valence-corrected chi connectivity index (χ0v) is 13.5. The molecule has 2 aromatic heterocycles. The zero-order chi connectivity index (χ0) is 17.1. The van der Waals surface area contributed by atoms with Crippen LogP contribution in [0.1, 0.15) is 28.5 Å². The summed E-state index contributed by atoms with van der Waals surface area (Å²) in [6.07, 6.45) is 3.60. The summed E-state index contributed by atoms with van der Waals surface area (Å²) >= 11 is 0. The van der Waals surface area contributed by atoms with Crippen LogP contribution >= 0.6 is 0 Å². The van der Waals surface area contributed by atoms with Gasteiger partial charge in [-0.25, -0.2) is 4.98 Å². The highest BCUT2D eigenvalue weighted by Gasteiger charge is 2.10. The maximum atomic E-state index is 12.2. The molecule has 2 heterocycles. The fraction of sp³-hybridized carbons (Fsp3) is 0.167. The highest BCUT2D eigenvalue weighted by atomic mass is 16.2. The first-order valence-corrected chi connectivity index (χ1v) is 7.61. The Balaban J connectivity index is 1.64. The van der Waals surface area contributed by atoms with Crippen LogP contribution < -0.4 is 10.6 Å². The average Bonchev–Trinajstić information content (AvgIpc) is 2.96. The minimum Gasteiger partial charge on any atom is -0.347 e. The van der Waals surface area contributed by atoms with Gasteiger partial charge >= 0.3 is 0 Å². The molecule has 0 saturated carbocycles. The van der Waals surface area contributed by atoms with Crippen LogP contribution in [0.4, 0.5) is 5.69 Å². The Morgan fingerprint density at radius 3 is 2.62 bits per heavy atom. The van der Waals surface area contributed by atoms with Crippen LogP contribution in [0, 0.1) is 6.92 Å². The Hall–Kier alpha value is -3.15. The lowest BCUT2D eigenvalue weighted by Gasteiger charge is -2.05. The van der Waals surface area contributed by atoms with E-state index in [9.17, 15) is 9.59 Å². The van der Waals surface area contributed by atoms with Crippen LogP contribution in [0.25, 0.3) is 5.65 Å². The maximum Gasteiger partial charge on any atom is 0.271 e. The molecule has 0 atom stereocenters. The first-order valence-electron chi connectivity index (χ1n) is 7.61. The Kier molecular flexibility index (Phi) is 4.29. The Morgan fingerprint density at radius 2 is 1.92 bits per heavy atom. The SMILES string of the molecule is CC(=O)Nc1ccc(CNC(=O)c2cn3ccc(C)cc3n2)cc1. The number of benzene rings is 1. The number of amides is 2. The molecule has 0 aliphatic carbocycles. The summed E-state index contributed by atoms with van der Waals surface area (Å²) in [5.41, 5.74) is 3.90. The van der Waals surface area contributed by atoms with E-state index in [0.717, 1.165) is 22.5 Å². The molecule has 2 amide bonds. The molecular formula is C18H18N4O2. The van der Waals surface area contributed by atoms with Gasteiger partial charge in [-0.15, -0.1) is 0 Å². The number of carbonyl (C=O) groups excluding carboxylic acids is 2. The van der Waals surface area contributed by atoms with Crippen molar-refractivity contribution in [3.05, 3.63) is 65.6 Å².